The van der Waals surface area contributed by atoms with E-state index in [0.29, 0.717) is 5.56 Å². The average molecular weight is 573 g/mol. The number of rotatable bonds is 12. The molecule has 0 radical (unpaired) electrons. The third-order valence-corrected chi connectivity index (χ3v) is 8.77. The second-order valence-corrected chi connectivity index (χ2v) is 12.9. The molecule has 0 unspecified atom stereocenters. The normalized spacial score (nSPS) is 13.2. The highest BCUT2D eigenvalue weighted by Gasteiger charge is 2.25. The van der Waals surface area contributed by atoms with Crippen molar-refractivity contribution in [2.45, 2.75) is 36.8 Å². The Kier molecular flexibility index (Phi) is 9.40. The summed E-state index contributed by atoms with van der Waals surface area (Å²) in [6.07, 6.45) is 2.41. The van der Waals surface area contributed by atoms with Gasteiger partial charge in [0.2, 0.25) is 10.0 Å². The Balaban J connectivity index is 1.36. The van der Waals surface area contributed by atoms with Crippen LogP contribution in [0.3, 0.4) is 0 Å². The van der Waals surface area contributed by atoms with Crippen molar-refractivity contribution in [1.82, 2.24) is 9.62 Å². The van der Waals surface area contributed by atoms with Crippen molar-refractivity contribution < 1.29 is 23.4 Å². The Morgan fingerprint density at radius 1 is 0.927 bits per heavy atom. The lowest BCUT2D eigenvalue weighted by atomic mass is 9.93. The van der Waals surface area contributed by atoms with Gasteiger partial charge in [0.05, 0.1) is 11.0 Å². The molecule has 8 heteroatoms. The predicted molar refractivity (Wildman–Crippen MR) is 164 cm³/mol. The molecule has 0 bridgehead atoms. The molecule has 214 valence electrons. The van der Waals surface area contributed by atoms with Crippen LogP contribution in [0.25, 0.3) is 28.0 Å². The molecular formula is C33H36N2O5S. The van der Waals surface area contributed by atoms with E-state index in [9.17, 15) is 18.3 Å². The SMILES string of the molecule is CN(C[C@H](O)CNC(C)(C)Cc1ccc2ccccc2c1)S(=O)(=O)c1cccc(-c2ccc(C=CC(=O)O)cc2)c1. The Bertz CT molecular complexity index is 1650. The first-order chi connectivity index (χ1) is 19.4. The molecule has 4 rings (SSSR count). The number of hydrogen-bond acceptors (Lipinski definition) is 5. The summed E-state index contributed by atoms with van der Waals surface area (Å²) in [6.45, 7) is 4.31. The number of carbonyl (C=O) groups is 1. The highest BCUT2D eigenvalue weighted by molar-refractivity contribution is 7.89. The quantitative estimate of drug-likeness (QED) is 0.202. The first-order valence-electron chi connectivity index (χ1n) is 13.4. The van der Waals surface area contributed by atoms with Crippen LogP contribution >= 0.6 is 0 Å². The zero-order chi connectivity index (χ0) is 29.6. The van der Waals surface area contributed by atoms with Crippen LogP contribution in [0.4, 0.5) is 0 Å². The summed E-state index contributed by atoms with van der Waals surface area (Å²) in [5.41, 5.74) is 3.11. The number of aliphatic carboxylic acids is 1. The number of carboxylic acid groups (broad SMARTS) is 1. The molecule has 4 aromatic rings. The van der Waals surface area contributed by atoms with Gasteiger partial charge in [-0.2, -0.15) is 4.31 Å². The average Bonchev–Trinajstić information content (AvgIpc) is 2.95. The van der Waals surface area contributed by atoms with Crippen molar-refractivity contribution in [3.63, 3.8) is 0 Å². The molecule has 1 atom stereocenters. The minimum Gasteiger partial charge on any atom is -0.478 e. The summed E-state index contributed by atoms with van der Waals surface area (Å²) in [5.74, 6) is -1.03. The second kappa shape index (κ2) is 12.8. The smallest absolute Gasteiger partial charge is 0.328 e. The van der Waals surface area contributed by atoms with E-state index in [4.69, 9.17) is 5.11 Å². The fraction of sp³-hybridized carbons (Fsp3) is 0.242. The Labute approximate surface area is 241 Å². The van der Waals surface area contributed by atoms with Gasteiger partial charge in [-0.1, -0.05) is 78.9 Å². The number of hydrogen-bond donors (Lipinski definition) is 3. The highest BCUT2D eigenvalue weighted by Crippen LogP contribution is 2.25. The van der Waals surface area contributed by atoms with Crippen LogP contribution in [-0.2, 0) is 21.2 Å². The topological polar surface area (TPSA) is 107 Å². The number of nitrogens with one attached hydrogen (secondary N) is 1. The van der Waals surface area contributed by atoms with Gasteiger partial charge < -0.3 is 15.5 Å². The number of benzene rings is 4. The van der Waals surface area contributed by atoms with E-state index in [1.807, 2.05) is 30.3 Å². The molecule has 0 amide bonds. The number of β-amino-alcohol motifs (C(OH)–C–C–N with tert-alkyl or cyclic N) is 1. The van der Waals surface area contributed by atoms with Crippen LogP contribution in [0.15, 0.2) is 102 Å². The molecule has 3 N–H and O–H groups in total. The molecule has 41 heavy (non-hydrogen) atoms. The Morgan fingerprint density at radius 2 is 1.63 bits per heavy atom. The van der Waals surface area contributed by atoms with Crippen molar-refractivity contribution in [2.24, 2.45) is 0 Å². The number of sulfonamides is 1. The molecule has 0 aliphatic rings. The summed E-state index contributed by atoms with van der Waals surface area (Å²) >= 11 is 0. The molecule has 4 aromatic carbocycles. The first kappa shape index (κ1) is 30.1. The number of carboxylic acids is 1. The van der Waals surface area contributed by atoms with E-state index in [1.54, 1.807) is 24.3 Å². The molecule has 0 fully saturated rings. The van der Waals surface area contributed by atoms with Crippen molar-refractivity contribution in [1.29, 1.82) is 0 Å². The Hall–Kier alpha value is -3.82. The maximum atomic E-state index is 13.3. The van der Waals surface area contributed by atoms with Gasteiger partial charge in [0.1, 0.15) is 0 Å². The van der Waals surface area contributed by atoms with E-state index >= 15 is 0 Å². The minimum atomic E-state index is -3.84. The van der Waals surface area contributed by atoms with Crippen molar-refractivity contribution in [2.75, 3.05) is 20.1 Å². The lowest BCUT2D eigenvalue weighted by Crippen LogP contribution is -2.47. The van der Waals surface area contributed by atoms with Crippen LogP contribution < -0.4 is 5.32 Å². The van der Waals surface area contributed by atoms with Gasteiger partial charge in [-0.05, 0) is 71.5 Å². The second-order valence-electron chi connectivity index (χ2n) is 10.9. The lowest BCUT2D eigenvalue weighted by Gasteiger charge is -2.29. The van der Waals surface area contributed by atoms with Gasteiger partial charge >= 0.3 is 5.97 Å². The standard InChI is InChI=1S/C33H36N2O5S/c1-33(2,21-25-13-17-26-7-4-5-8-28(26)19-25)34-22-30(36)23-35(3)41(39,40)31-10-6-9-29(20-31)27-15-11-24(12-16-27)14-18-32(37)38/h4-20,30,34,36H,21-23H2,1-3H3,(H,37,38)/t30-/m1/s1. The summed E-state index contributed by atoms with van der Waals surface area (Å²) in [5, 5.41) is 25.3. The minimum absolute atomic E-state index is 0.0593. The largest absolute Gasteiger partial charge is 0.478 e. The molecule has 0 aromatic heterocycles. The predicted octanol–water partition coefficient (Wildman–Crippen LogP) is 5.20. The van der Waals surface area contributed by atoms with Crippen LogP contribution in [0.1, 0.15) is 25.0 Å². The first-order valence-corrected chi connectivity index (χ1v) is 14.9. The van der Waals surface area contributed by atoms with Gasteiger partial charge in [-0.3, -0.25) is 0 Å². The monoisotopic (exact) mass is 572 g/mol. The van der Waals surface area contributed by atoms with Crippen molar-refractivity contribution in [3.05, 3.63) is 108 Å². The number of fused-ring (bicyclic) bond motifs is 1. The van der Waals surface area contributed by atoms with E-state index in [1.165, 1.54) is 39.8 Å². The van der Waals surface area contributed by atoms with Gasteiger partial charge in [0.25, 0.3) is 0 Å². The molecular weight excluding hydrogens is 536 g/mol. The maximum absolute atomic E-state index is 13.3. The molecule has 0 spiro atoms. The highest BCUT2D eigenvalue weighted by atomic mass is 32.2. The van der Waals surface area contributed by atoms with Gasteiger partial charge in [-0.25, -0.2) is 13.2 Å². The van der Waals surface area contributed by atoms with Crippen LogP contribution in [0, 0.1) is 0 Å². The molecule has 0 aliphatic carbocycles. The van der Waals surface area contributed by atoms with Crippen LogP contribution in [0.2, 0.25) is 0 Å². The Morgan fingerprint density at radius 3 is 2.34 bits per heavy atom. The number of aliphatic hydroxyl groups is 1. The molecule has 0 saturated carbocycles. The fourth-order valence-corrected chi connectivity index (χ4v) is 6.00. The third-order valence-electron chi connectivity index (χ3n) is 6.95. The number of aliphatic hydroxyl groups excluding tert-OH is 1. The zero-order valence-corrected chi connectivity index (χ0v) is 24.3. The lowest BCUT2D eigenvalue weighted by molar-refractivity contribution is -0.131. The van der Waals surface area contributed by atoms with Gasteiger partial charge in [0.15, 0.2) is 0 Å². The van der Waals surface area contributed by atoms with E-state index in [-0.39, 0.29) is 23.5 Å². The van der Waals surface area contributed by atoms with Crippen molar-refractivity contribution >= 4 is 32.8 Å². The van der Waals surface area contributed by atoms with Gasteiger partial charge in [-0.15, -0.1) is 0 Å². The maximum Gasteiger partial charge on any atom is 0.328 e. The molecule has 7 nitrogen and oxygen atoms in total. The van der Waals surface area contributed by atoms with Gasteiger partial charge in [0, 0.05) is 31.8 Å². The summed E-state index contributed by atoms with van der Waals surface area (Å²) in [7, 11) is -2.38. The summed E-state index contributed by atoms with van der Waals surface area (Å²) in [6, 6.07) is 28.4. The third kappa shape index (κ3) is 8.11. The zero-order valence-electron chi connectivity index (χ0n) is 23.5. The van der Waals surface area contributed by atoms with Crippen LogP contribution in [-0.4, -0.2) is 60.7 Å². The van der Waals surface area contributed by atoms with Crippen LogP contribution in [0.5, 0.6) is 0 Å². The number of likely N-dealkylation sites (N-methyl/N-ethyl adjacent to an activating group) is 1. The van der Waals surface area contributed by atoms with E-state index in [0.717, 1.165) is 23.6 Å². The summed E-state index contributed by atoms with van der Waals surface area (Å²) in [4.78, 5) is 10.9. The molecule has 0 saturated heterocycles. The fourth-order valence-electron chi connectivity index (χ4n) is 4.75. The van der Waals surface area contributed by atoms with E-state index < -0.39 is 22.1 Å². The van der Waals surface area contributed by atoms with Crippen molar-refractivity contribution in [3.8, 4) is 11.1 Å². The molecule has 0 aliphatic heterocycles. The van der Waals surface area contributed by atoms with E-state index in [2.05, 4.69) is 49.5 Å². The molecule has 0 heterocycles. The summed E-state index contributed by atoms with van der Waals surface area (Å²) < 4.78 is 27.8. The number of nitrogens with zero attached hydrogens (tertiary/aromatic N) is 1.